The van der Waals surface area contributed by atoms with Crippen LogP contribution in [0.15, 0.2) is 0 Å². The third kappa shape index (κ3) is 5.87. The second kappa shape index (κ2) is 6.75. The van der Waals surface area contributed by atoms with Gasteiger partial charge in [0.25, 0.3) is 0 Å². The first-order valence-corrected chi connectivity index (χ1v) is 7.36. The summed E-state index contributed by atoms with van der Waals surface area (Å²) < 4.78 is 6.23. The molecule has 1 N–H and O–H groups in total. The predicted octanol–water partition coefficient (Wildman–Crippen LogP) is 3.89. The van der Waals surface area contributed by atoms with Crippen LogP contribution in [0.25, 0.3) is 0 Å². The van der Waals surface area contributed by atoms with Crippen molar-refractivity contribution >= 4 is 0 Å². The second-order valence-corrected chi connectivity index (χ2v) is 6.55. The maximum absolute atomic E-state index is 6.23. The lowest BCUT2D eigenvalue weighted by atomic mass is 9.92. The van der Waals surface area contributed by atoms with Crippen LogP contribution in [0.5, 0.6) is 0 Å². The van der Waals surface area contributed by atoms with Gasteiger partial charge in [0.15, 0.2) is 0 Å². The fraction of sp³-hybridized carbons (Fsp3) is 1.00. The van der Waals surface area contributed by atoms with Crippen LogP contribution in [0.2, 0.25) is 0 Å². The van der Waals surface area contributed by atoms with Crippen LogP contribution in [-0.2, 0) is 4.74 Å². The maximum Gasteiger partial charge on any atom is 0.0806 e. The Bertz CT molecular complexity index is 199. The molecule has 0 saturated heterocycles. The van der Waals surface area contributed by atoms with Crippen LogP contribution in [0.1, 0.15) is 72.6 Å². The summed E-state index contributed by atoms with van der Waals surface area (Å²) >= 11 is 0. The molecule has 0 heterocycles. The molecule has 1 rings (SSSR count). The van der Waals surface area contributed by atoms with E-state index in [1.165, 1.54) is 38.5 Å². The molecular formula is C15H31NO. The van der Waals surface area contributed by atoms with E-state index >= 15 is 0 Å². The molecule has 1 saturated carbocycles. The lowest BCUT2D eigenvalue weighted by Gasteiger charge is -2.36. The Morgan fingerprint density at radius 3 is 2.12 bits per heavy atom. The van der Waals surface area contributed by atoms with Crippen LogP contribution in [0, 0.1) is 0 Å². The Hall–Kier alpha value is -0.0800. The molecule has 2 heteroatoms. The van der Waals surface area contributed by atoms with E-state index in [9.17, 15) is 0 Å². The van der Waals surface area contributed by atoms with Gasteiger partial charge in [0, 0.05) is 18.7 Å². The summed E-state index contributed by atoms with van der Waals surface area (Å²) in [6.45, 7) is 10.8. The van der Waals surface area contributed by atoms with Crippen LogP contribution < -0.4 is 5.32 Å². The van der Waals surface area contributed by atoms with Gasteiger partial charge >= 0.3 is 0 Å². The number of hydrogen-bond donors (Lipinski definition) is 1. The minimum Gasteiger partial charge on any atom is -0.374 e. The Kier molecular flexibility index (Phi) is 5.94. The van der Waals surface area contributed by atoms with Crippen molar-refractivity contribution in [3.63, 3.8) is 0 Å². The molecule has 0 atom stereocenters. The molecule has 17 heavy (non-hydrogen) atoms. The lowest BCUT2D eigenvalue weighted by Crippen LogP contribution is -2.49. The third-order valence-corrected chi connectivity index (χ3v) is 3.57. The summed E-state index contributed by atoms with van der Waals surface area (Å²) in [4.78, 5) is 0. The molecule has 0 aromatic carbocycles. The van der Waals surface area contributed by atoms with E-state index in [2.05, 4.69) is 33.0 Å². The van der Waals surface area contributed by atoms with Gasteiger partial charge in [-0.3, -0.25) is 0 Å². The van der Waals surface area contributed by atoms with Crippen molar-refractivity contribution in [2.45, 2.75) is 83.8 Å². The highest BCUT2D eigenvalue weighted by Crippen LogP contribution is 2.30. The van der Waals surface area contributed by atoms with Gasteiger partial charge in [-0.15, -0.1) is 0 Å². The highest BCUT2D eigenvalue weighted by atomic mass is 16.5. The summed E-state index contributed by atoms with van der Waals surface area (Å²) in [7, 11) is 0. The van der Waals surface area contributed by atoms with Crippen molar-refractivity contribution < 1.29 is 4.74 Å². The second-order valence-electron chi connectivity index (χ2n) is 6.55. The van der Waals surface area contributed by atoms with Crippen LogP contribution in [0.4, 0.5) is 0 Å². The molecule has 1 aliphatic rings. The Labute approximate surface area is 108 Å². The van der Waals surface area contributed by atoms with E-state index in [1.807, 2.05) is 0 Å². The highest BCUT2D eigenvalue weighted by Gasteiger charge is 2.32. The molecule has 0 bridgehead atoms. The largest absolute Gasteiger partial charge is 0.374 e. The molecule has 0 aliphatic heterocycles. The fourth-order valence-corrected chi connectivity index (χ4v) is 2.49. The minimum atomic E-state index is 0.111. The smallest absolute Gasteiger partial charge is 0.0806 e. The van der Waals surface area contributed by atoms with E-state index in [1.54, 1.807) is 0 Å². The normalized spacial score (nSPS) is 21.2. The molecule has 0 amide bonds. The molecular weight excluding hydrogens is 210 g/mol. The summed E-state index contributed by atoms with van der Waals surface area (Å²) in [6.07, 6.45) is 9.01. The molecule has 1 aliphatic carbocycles. The van der Waals surface area contributed by atoms with Gasteiger partial charge in [-0.1, -0.05) is 32.6 Å². The number of hydrogen-bond acceptors (Lipinski definition) is 2. The molecule has 0 radical (unpaired) electrons. The van der Waals surface area contributed by atoms with E-state index in [-0.39, 0.29) is 11.1 Å². The van der Waals surface area contributed by atoms with Gasteiger partial charge in [-0.2, -0.15) is 0 Å². The molecule has 0 unspecified atom stereocenters. The van der Waals surface area contributed by atoms with Gasteiger partial charge in [0.05, 0.1) is 5.60 Å². The number of nitrogens with one attached hydrogen (secondary N) is 1. The molecule has 0 aromatic heterocycles. The van der Waals surface area contributed by atoms with Crippen molar-refractivity contribution in [1.29, 1.82) is 0 Å². The zero-order chi connectivity index (χ0) is 12.8. The first kappa shape index (κ1) is 15.0. The summed E-state index contributed by atoms with van der Waals surface area (Å²) in [5, 5.41) is 3.64. The standard InChI is InChI=1S/C15H31NO/c1-5-12-17-15(13-16-14(2,3)4)10-8-6-7-9-11-15/h16H,5-13H2,1-4H3. The zero-order valence-electron chi connectivity index (χ0n) is 12.3. The Morgan fingerprint density at radius 2 is 1.65 bits per heavy atom. The molecule has 102 valence electrons. The average molecular weight is 241 g/mol. The SMILES string of the molecule is CCCOC1(CNC(C)(C)C)CCCCCC1. The van der Waals surface area contributed by atoms with Gasteiger partial charge < -0.3 is 10.1 Å². The van der Waals surface area contributed by atoms with Crippen LogP contribution in [0.3, 0.4) is 0 Å². The van der Waals surface area contributed by atoms with Gasteiger partial charge in [0.1, 0.15) is 0 Å². The van der Waals surface area contributed by atoms with Gasteiger partial charge in [-0.05, 0) is 40.0 Å². The highest BCUT2D eigenvalue weighted by molar-refractivity contribution is 4.88. The summed E-state index contributed by atoms with van der Waals surface area (Å²) in [5.74, 6) is 0. The third-order valence-electron chi connectivity index (χ3n) is 3.57. The average Bonchev–Trinajstić information content (AvgIpc) is 2.49. The fourth-order valence-electron chi connectivity index (χ4n) is 2.49. The summed E-state index contributed by atoms with van der Waals surface area (Å²) in [6, 6.07) is 0. The maximum atomic E-state index is 6.23. The van der Waals surface area contributed by atoms with Gasteiger partial charge in [0.2, 0.25) is 0 Å². The minimum absolute atomic E-state index is 0.111. The molecule has 0 aromatic rings. The van der Waals surface area contributed by atoms with Crippen LogP contribution in [-0.4, -0.2) is 24.3 Å². The quantitative estimate of drug-likeness (QED) is 0.737. The van der Waals surface area contributed by atoms with Crippen molar-refractivity contribution in [2.24, 2.45) is 0 Å². The Balaban J connectivity index is 2.56. The van der Waals surface area contributed by atoms with E-state index in [0.717, 1.165) is 19.6 Å². The van der Waals surface area contributed by atoms with Crippen molar-refractivity contribution in [2.75, 3.05) is 13.2 Å². The van der Waals surface area contributed by atoms with Gasteiger partial charge in [-0.25, -0.2) is 0 Å². The zero-order valence-corrected chi connectivity index (χ0v) is 12.3. The van der Waals surface area contributed by atoms with E-state index in [0.29, 0.717) is 0 Å². The van der Waals surface area contributed by atoms with E-state index in [4.69, 9.17) is 4.74 Å². The predicted molar refractivity (Wildman–Crippen MR) is 74.4 cm³/mol. The Morgan fingerprint density at radius 1 is 1.06 bits per heavy atom. The van der Waals surface area contributed by atoms with Crippen molar-refractivity contribution in [3.05, 3.63) is 0 Å². The summed E-state index contributed by atoms with van der Waals surface area (Å²) in [5.41, 5.74) is 0.300. The first-order valence-electron chi connectivity index (χ1n) is 7.36. The monoisotopic (exact) mass is 241 g/mol. The van der Waals surface area contributed by atoms with Crippen LogP contribution >= 0.6 is 0 Å². The van der Waals surface area contributed by atoms with Crippen molar-refractivity contribution in [1.82, 2.24) is 5.32 Å². The van der Waals surface area contributed by atoms with E-state index < -0.39 is 0 Å². The number of rotatable bonds is 5. The number of ether oxygens (including phenoxy) is 1. The molecule has 0 spiro atoms. The molecule has 1 fully saturated rings. The lowest BCUT2D eigenvalue weighted by molar-refractivity contribution is -0.0577. The first-order chi connectivity index (χ1) is 7.97. The van der Waals surface area contributed by atoms with Crippen molar-refractivity contribution in [3.8, 4) is 0 Å². The topological polar surface area (TPSA) is 21.3 Å². The molecule has 2 nitrogen and oxygen atoms in total.